The van der Waals surface area contributed by atoms with E-state index in [-0.39, 0.29) is 18.2 Å². The second-order valence-corrected chi connectivity index (χ2v) is 8.67. The molecule has 0 aromatic carbocycles. The third kappa shape index (κ3) is 5.88. The summed E-state index contributed by atoms with van der Waals surface area (Å²) in [7, 11) is 0. The van der Waals surface area contributed by atoms with E-state index in [2.05, 4.69) is 36.0 Å². The van der Waals surface area contributed by atoms with Crippen LogP contribution in [0.4, 0.5) is 10.9 Å². The number of carbonyl (C=O) groups excluding carboxylic acids is 2. The largest absolute Gasteiger partial charge is 0.309 e. The zero-order chi connectivity index (χ0) is 21.6. The molecular formula is C21H23N7O2S. The predicted molar refractivity (Wildman–Crippen MR) is 117 cm³/mol. The monoisotopic (exact) mass is 437 g/mol. The zero-order valence-electron chi connectivity index (χ0n) is 17.1. The van der Waals surface area contributed by atoms with Gasteiger partial charge in [0.1, 0.15) is 5.01 Å². The summed E-state index contributed by atoms with van der Waals surface area (Å²) in [5.74, 6) is 0.997. The molecule has 3 aromatic rings. The first-order valence-corrected chi connectivity index (χ1v) is 11.0. The summed E-state index contributed by atoms with van der Waals surface area (Å²) in [5, 5.41) is 23.7. The number of nitrogens with zero attached hydrogens (tertiary/aromatic N) is 5. The molecule has 1 fully saturated rings. The Balaban J connectivity index is 1.28. The number of anilines is 2. The first-order valence-electron chi connectivity index (χ1n) is 10.2. The normalized spacial score (nSPS) is 18.0. The molecule has 9 nitrogen and oxygen atoms in total. The molecule has 3 aromatic heterocycles. The number of carbonyl (C=O) groups is 2. The minimum Gasteiger partial charge on any atom is -0.309 e. The van der Waals surface area contributed by atoms with E-state index in [0.717, 1.165) is 42.1 Å². The highest BCUT2D eigenvalue weighted by Crippen LogP contribution is 2.41. The molecule has 1 saturated carbocycles. The number of nitrogens with one attached hydrogen (secondary N) is 2. The average Bonchev–Trinajstić information content (AvgIpc) is 3.39. The van der Waals surface area contributed by atoms with Crippen molar-refractivity contribution in [1.29, 1.82) is 0 Å². The first kappa shape index (κ1) is 21.0. The van der Waals surface area contributed by atoms with Crippen molar-refractivity contribution in [3.8, 4) is 0 Å². The summed E-state index contributed by atoms with van der Waals surface area (Å²) in [6, 6.07) is 9.19. The molecule has 10 heteroatoms. The van der Waals surface area contributed by atoms with Gasteiger partial charge in [-0.2, -0.15) is 5.10 Å². The topological polar surface area (TPSA) is 123 Å². The van der Waals surface area contributed by atoms with Crippen molar-refractivity contribution in [2.24, 2.45) is 5.92 Å². The van der Waals surface area contributed by atoms with Crippen molar-refractivity contribution in [3.05, 3.63) is 52.9 Å². The van der Waals surface area contributed by atoms with Gasteiger partial charge in [0.05, 0.1) is 12.1 Å². The summed E-state index contributed by atoms with van der Waals surface area (Å²) >= 11 is 1.44. The third-order valence-electron chi connectivity index (χ3n) is 5.17. The lowest BCUT2D eigenvalue weighted by Crippen LogP contribution is -2.14. The number of amides is 2. The molecule has 0 saturated heterocycles. The van der Waals surface area contributed by atoms with E-state index in [1.807, 2.05) is 24.3 Å². The lowest BCUT2D eigenvalue weighted by atomic mass is 10.00. The van der Waals surface area contributed by atoms with Crippen LogP contribution in [0.1, 0.15) is 48.5 Å². The van der Waals surface area contributed by atoms with Crippen molar-refractivity contribution in [2.75, 3.05) is 10.6 Å². The summed E-state index contributed by atoms with van der Waals surface area (Å²) in [4.78, 5) is 27.4. The maximum atomic E-state index is 12.2. The van der Waals surface area contributed by atoms with Crippen LogP contribution in [0.15, 0.2) is 36.5 Å². The fourth-order valence-corrected chi connectivity index (χ4v) is 4.68. The number of aromatic nitrogens is 5. The molecule has 1 aliphatic rings. The van der Waals surface area contributed by atoms with Gasteiger partial charge in [0.2, 0.25) is 16.9 Å². The molecule has 4 rings (SSSR count). The van der Waals surface area contributed by atoms with E-state index in [0.29, 0.717) is 22.8 Å². The van der Waals surface area contributed by atoms with Gasteiger partial charge < -0.3 is 10.6 Å². The smallest absolute Gasteiger partial charge is 0.232 e. The van der Waals surface area contributed by atoms with Crippen LogP contribution in [0.2, 0.25) is 0 Å². The molecule has 3 heterocycles. The standard InChI is InChI=1S/C21H23N7O2S/c1-13(29)23-18-8-7-17(25-26-18)11-14-5-6-15(10-14)20-27-28-21(31-20)24-19(30)12-16-4-2-3-9-22-16/h2-4,7-9,14-15H,5-6,10-12H2,1H3,(H,23,26,29)(H,24,28,30)/t14-,15+/m1/s1. The second kappa shape index (κ2) is 9.69. The highest BCUT2D eigenvalue weighted by Gasteiger charge is 2.29. The summed E-state index contributed by atoms with van der Waals surface area (Å²) in [5.41, 5.74) is 1.64. The molecule has 0 unspecified atom stereocenters. The van der Waals surface area contributed by atoms with Crippen LogP contribution in [-0.4, -0.2) is 37.2 Å². The lowest BCUT2D eigenvalue weighted by Gasteiger charge is -2.09. The van der Waals surface area contributed by atoms with Crippen LogP contribution >= 0.6 is 11.3 Å². The highest BCUT2D eigenvalue weighted by atomic mass is 32.1. The molecule has 1 aliphatic carbocycles. The Morgan fingerprint density at radius 2 is 1.94 bits per heavy atom. The Hall–Kier alpha value is -3.27. The number of hydrogen-bond acceptors (Lipinski definition) is 8. The van der Waals surface area contributed by atoms with Gasteiger partial charge in [-0.25, -0.2) is 0 Å². The Morgan fingerprint density at radius 3 is 2.68 bits per heavy atom. The van der Waals surface area contributed by atoms with Gasteiger partial charge in [-0.1, -0.05) is 17.4 Å². The van der Waals surface area contributed by atoms with Crippen molar-refractivity contribution in [1.82, 2.24) is 25.4 Å². The van der Waals surface area contributed by atoms with E-state index >= 15 is 0 Å². The van der Waals surface area contributed by atoms with Crippen molar-refractivity contribution in [3.63, 3.8) is 0 Å². The van der Waals surface area contributed by atoms with E-state index in [1.54, 1.807) is 12.3 Å². The quantitative estimate of drug-likeness (QED) is 0.582. The van der Waals surface area contributed by atoms with Gasteiger partial charge in [-0.15, -0.1) is 15.3 Å². The van der Waals surface area contributed by atoms with Crippen LogP contribution < -0.4 is 10.6 Å². The Morgan fingerprint density at radius 1 is 1.03 bits per heavy atom. The van der Waals surface area contributed by atoms with E-state index in [4.69, 9.17) is 0 Å². The van der Waals surface area contributed by atoms with Gasteiger partial charge in [0.25, 0.3) is 0 Å². The fraction of sp³-hybridized carbons (Fsp3) is 0.381. The van der Waals surface area contributed by atoms with Crippen LogP contribution in [0, 0.1) is 5.92 Å². The molecule has 2 amide bonds. The lowest BCUT2D eigenvalue weighted by molar-refractivity contribution is -0.116. The number of pyridine rings is 1. The van der Waals surface area contributed by atoms with Gasteiger partial charge in [-0.3, -0.25) is 14.6 Å². The van der Waals surface area contributed by atoms with Crippen molar-refractivity contribution in [2.45, 2.75) is 44.9 Å². The maximum absolute atomic E-state index is 12.2. The van der Waals surface area contributed by atoms with Crippen LogP contribution in [-0.2, 0) is 22.4 Å². The van der Waals surface area contributed by atoms with E-state index in [9.17, 15) is 9.59 Å². The molecule has 160 valence electrons. The van der Waals surface area contributed by atoms with Crippen LogP contribution in [0.25, 0.3) is 0 Å². The Labute approximate surface area is 183 Å². The fourth-order valence-electron chi connectivity index (χ4n) is 3.78. The molecular weight excluding hydrogens is 414 g/mol. The van der Waals surface area contributed by atoms with Gasteiger partial charge in [0, 0.05) is 24.7 Å². The molecule has 0 spiro atoms. The molecule has 2 N–H and O–H groups in total. The summed E-state index contributed by atoms with van der Waals surface area (Å²) < 4.78 is 0. The van der Waals surface area contributed by atoms with E-state index < -0.39 is 0 Å². The summed E-state index contributed by atoms with van der Waals surface area (Å²) in [6.45, 7) is 1.44. The van der Waals surface area contributed by atoms with Gasteiger partial charge >= 0.3 is 0 Å². The second-order valence-electron chi connectivity index (χ2n) is 7.66. The first-order chi connectivity index (χ1) is 15.0. The highest BCUT2D eigenvalue weighted by molar-refractivity contribution is 7.15. The van der Waals surface area contributed by atoms with Crippen molar-refractivity contribution < 1.29 is 9.59 Å². The molecule has 2 atom stereocenters. The van der Waals surface area contributed by atoms with Gasteiger partial charge in [-0.05, 0) is 55.9 Å². The molecule has 0 bridgehead atoms. The van der Waals surface area contributed by atoms with Crippen LogP contribution in [0.5, 0.6) is 0 Å². The van der Waals surface area contributed by atoms with Crippen LogP contribution in [0.3, 0.4) is 0 Å². The zero-order valence-corrected chi connectivity index (χ0v) is 17.9. The van der Waals surface area contributed by atoms with Gasteiger partial charge in [0.15, 0.2) is 5.82 Å². The Bertz CT molecular complexity index is 1040. The molecule has 0 aliphatic heterocycles. The third-order valence-corrected chi connectivity index (χ3v) is 6.17. The maximum Gasteiger partial charge on any atom is 0.232 e. The minimum absolute atomic E-state index is 0.146. The Kier molecular flexibility index (Phi) is 6.56. The minimum atomic E-state index is -0.162. The number of hydrogen-bond donors (Lipinski definition) is 2. The summed E-state index contributed by atoms with van der Waals surface area (Å²) in [6.07, 6.45) is 5.86. The number of rotatable bonds is 7. The van der Waals surface area contributed by atoms with E-state index in [1.165, 1.54) is 18.3 Å². The SMILES string of the molecule is CC(=O)Nc1ccc(C[C@@H]2CC[C@H](c3nnc(NC(=O)Cc4ccccn4)s3)C2)nn1. The average molecular weight is 438 g/mol. The molecule has 0 radical (unpaired) electrons. The predicted octanol–water partition coefficient (Wildman–Crippen LogP) is 2.99. The molecule has 31 heavy (non-hydrogen) atoms. The van der Waals surface area contributed by atoms with Crippen molar-refractivity contribution >= 4 is 34.1 Å².